The third kappa shape index (κ3) is 2.75. The molecule has 1 N–H and O–H groups in total. The van der Waals surface area contributed by atoms with Crippen molar-refractivity contribution in [2.45, 2.75) is 32.9 Å². The predicted octanol–water partition coefficient (Wildman–Crippen LogP) is 1.53. The molecule has 1 saturated heterocycles. The molecule has 19 heavy (non-hydrogen) atoms. The molecule has 1 fully saturated rings. The number of nitrogens with one attached hydrogen (secondary N) is 1. The second kappa shape index (κ2) is 5.73. The van der Waals surface area contributed by atoms with Crippen LogP contribution in [0.2, 0.25) is 0 Å². The highest BCUT2D eigenvalue weighted by Crippen LogP contribution is 2.25. The first-order valence-corrected chi connectivity index (χ1v) is 7.49. The van der Waals surface area contributed by atoms with Crippen LogP contribution in [0.1, 0.15) is 31.3 Å². The monoisotopic (exact) mass is 328 g/mol. The lowest BCUT2D eigenvalue weighted by molar-refractivity contribution is 0.0590. The minimum Gasteiger partial charge on any atom is -0.314 e. The summed E-state index contributed by atoms with van der Waals surface area (Å²) >= 11 is 3.44. The fourth-order valence-corrected chi connectivity index (χ4v) is 2.96. The molecule has 0 atom stereocenters. The molecule has 5 nitrogen and oxygen atoms in total. The molecule has 1 aromatic heterocycles. The van der Waals surface area contributed by atoms with Gasteiger partial charge in [0.25, 0.3) is 0 Å². The van der Waals surface area contributed by atoms with Crippen molar-refractivity contribution >= 4 is 21.7 Å². The number of hydrogen-bond donors (Lipinski definition) is 1. The summed E-state index contributed by atoms with van der Waals surface area (Å²) in [5.74, 6) is 0.126. The van der Waals surface area contributed by atoms with Crippen molar-refractivity contribution in [3.05, 3.63) is 16.4 Å². The van der Waals surface area contributed by atoms with Crippen LogP contribution >= 0.6 is 15.9 Å². The number of carbonyl (C=O) groups excluding carboxylic acids is 1. The Morgan fingerprint density at radius 3 is 2.68 bits per heavy atom. The van der Waals surface area contributed by atoms with E-state index in [0.717, 1.165) is 30.7 Å². The van der Waals surface area contributed by atoms with Gasteiger partial charge >= 0.3 is 0 Å². The number of aromatic nitrogens is 2. The molecular formula is C13H21BrN4O. The highest BCUT2D eigenvalue weighted by Gasteiger charge is 2.38. The molecule has 0 bridgehead atoms. The number of nitrogens with zero attached hydrogens (tertiary/aromatic N) is 3. The first-order valence-electron chi connectivity index (χ1n) is 6.70. The molecular weight excluding hydrogens is 308 g/mol. The van der Waals surface area contributed by atoms with Crippen molar-refractivity contribution in [2.24, 2.45) is 0 Å². The Bertz CT molecular complexity index is 463. The molecule has 2 heterocycles. The molecule has 0 saturated carbocycles. The lowest BCUT2D eigenvalue weighted by Gasteiger charge is -2.39. The van der Waals surface area contributed by atoms with Crippen LogP contribution in [-0.2, 0) is 6.54 Å². The van der Waals surface area contributed by atoms with Gasteiger partial charge in [0.05, 0.1) is 16.2 Å². The Morgan fingerprint density at radius 2 is 2.11 bits per heavy atom. The van der Waals surface area contributed by atoms with E-state index in [2.05, 4.69) is 31.2 Å². The molecule has 0 amide bonds. The van der Waals surface area contributed by atoms with Crippen LogP contribution in [0.5, 0.6) is 0 Å². The Hall–Kier alpha value is -0.720. The van der Waals surface area contributed by atoms with Gasteiger partial charge in [-0.05, 0) is 36.7 Å². The van der Waals surface area contributed by atoms with Gasteiger partial charge in [-0.1, -0.05) is 0 Å². The molecule has 0 aliphatic carbocycles. The summed E-state index contributed by atoms with van der Waals surface area (Å²) in [6.45, 7) is 10.4. The van der Waals surface area contributed by atoms with Gasteiger partial charge in [0.15, 0.2) is 0 Å². The van der Waals surface area contributed by atoms with Gasteiger partial charge in [-0.2, -0.15) is 5.10 Å². The summed E-state index contributed by atoms with van der Waals surface area (Å²) in [7, 11) is 0. The number of hydrogen-bond acceptors (Lipinski definition) is 4. The maximum absolute atomic E-state index is 12.9. The van der Waals surface area contributed by atoms with E-state index in [1.807, 2.05) is 20.8 Å². The fraction of sp³-hybridized carbons (Fsp3) is 0.692. The lowest BCUT2D eigenvalue weighted by atomic mass is 9.93. The van der Waals surface area contributed by atoms with Crippen molar-refractivity contribution in [2.75, 3.05) is 26.2 Å². The average molecular weight is 329 g/mol. The van der Waals surface area contributed by atoms with Crippen LogP contribution in [0.15, 0.2) is 10.7 Å². The molecule has 2 rings (SSSR count). The molecule has 6 heteroatoms. The third-order valence-electron chi connectivity index (χ3n) is 3.77. The topological polar surface area (TPSA) is 50.2 Å². The lowest BCUT2D eigenvalue weighted by Crippen LogP contribution is -2.57. The minimum atomic E-state index is -0.502. The minimum absolute atomic E-state index is 0.126. The summed E-state index contributed by atoms with van der Waals surface area (Å²) < 4.78 is 2.54. The number of Topliss-reactive ketones (excluding diaryl/α,β-unsaturated/α-hetero) is 1. The number of carbonyl (C=O) groups is 1. The van der Waals surface area contributed by atoms with E-state index < -0.39 is 5.54 Å². The molecule has 0 radical (unpaired) electrons. The molecule has 0 spiro atoms. The summed E-state index contributed by atoms with van der Waals surface area (Å²) in [6.07, 6.45) is 1.70. The van der Waals surface area contributed by atoms with Gasteiger partial charge in [0.2, 0.25) is 5.78 Å². The van der Waals surface area contributed by atoms with E-state index in [4.69, 9.17) is 0 Å². The Kier molecular flexibility index (Phi) is 4.43. The van der Waals surface area contributed by atoms with Gasteiger partial charge in [-0.3, -0.25) is 14.4 Å². The van der Waals surface area contributed by atoms with Crippen molar-refractivity contribution < 1.29 is 4.79 Å². The molecule has 1 aliphatic rings. The average Bonchev–Trinajstić information content (AvgIpc) is 2.79. The zero-order valence-corrected chi connectivity index (χ0v) is 13.3. The predicted molar refractivity (Wildman–Crippen MR) is 78.5 cm³/mol. The van der Waals surface area contributed by atoms with Gasteiger partial charge < -0.3 is 5.32 Å². The van der Waals surface area contributed by atoms with Crippen molar-refractivity contribution in [3.63, 3.8) is 0 Å². The van der Waals surface area contributed by atoms with E-state index in [1.54, 1.807) is 10.9 Å². The Labute approximate surface area is 122 Å². The summed E-state index contributed by atoms with van der Waals surface area (Å²) in [5.41, 5.74) is 0.170. The SMILES string of the molecule is CCn1ncc(Br)c1C(=O)C(C)(C)N1CCNCC1. The van der Waals surface area contributed by atoms with E-state index in [1.165, 1.54) is 0 Å². The maximum atomic E-state index is 12.9. The summed E-state index contributed by atoms with van der Waals surface area (Å²) in [5, 5.41) is 7.55. The van der Waals surface area contributed by atoms with Crippen molar-refractivity contribution in [1.29, 1.82) is 0 Å². The zero-order chi connectivity index (χ0) is 14.0. The van der Waals surface area contributed by atoms with E-state index in [9.17, 15) is 4.79 Å². The highest BCUT2D eigenvalue weighted by atomic mass is 79.9. The highest BCUT2D eigenvalue weighted by molar-refractivity contribution is 9.10. The van der Waals surface area contributed by atoms with Gasteiger partial charge in [0, 0.05) is 32.7 Å². The fourth-order valence-electron chi connectivity index (χ4n) is 2.49. The molecule has 1 aromatic rings. The first kappa shape index (κ1) is 14.7. The van der Waals surface area contributed by atoms with Crippen LogP contribution in [0, 0.1) is 0 Å². The van der Waals surface area contributed by atoms with Crippen LogP contribution in [0.25, 0.3) is 0 Å². The van der Waals surface area contributed by atoms with Gasteiger partial charge in [-0.15, -0.1) is 0 Å². The second-order valence-corrected chi connectivity index (χ2v) is 6.14. The van der Waals surface area contributed by atoms with E-state index >= 15 is 0 Å². The Morgan fingerprint density at radius 1 is 1.47 bits per heavy atom. The molecule has 106 valence electrons. The standard InChI is InChI=1S/C13H21BrN4O/c1-4-18-11(10(14)9-16-18)12(19)13(2,3)17-7-5-15-6-8-17/h9,15H,4-8H2,1-3H3. The molecule has 1 aliphatic heterocycles. The Balaban J connectivity index is 2.28. The smallest absolute Gasteiger partial charge is 0.201 e. The van der Waals surface area contributed by atoms with E-state index in [-0.39, 0.29) is 5.78 Å². The molecule has 0 unspecified atom stereocenters. The number of piperazine rings is 1. The van der Waals surface area contributed by atoms with Crippen LogP contribution < -0.4 is 5.32 Å². The van der Waals surface area contributed by atoms with Gasteiger partial charge in [-0.25, -0.2) is 0 Å². The largest absolute Gasteiger partial charge is 0.314 e. The van der Waals surface area contributed by atoms with Gasteiger partial charge in [0.1, 0.15) is 5.69 Å². The third-order valence-corrected chi connectivity index (χ3v) is 4.35. The van der Waals surface area contributed by atoms with Crippen molar-refractivity contribution in [1.82, 2.24) is 20.0 Å². The zero-order valence-electron chi connectivity index (χ0n) is 11.7. The number of ketones is 1. The number of halogens is 1. The first-order chi connectivity index (χ1) is 8.98. The molecule has 0 aromatic carbocycles. The second-order valence-electron chi connectivity index (χ2n) is 5.28. The summed E-state index contributed by atoms with van der Waals surface area (Å²) in [4.78, 5) is 15.1. The van der Waals surface area contributed by atoms with Crippen molar-refractivity contribution in [3.8, 4) is 0 Å². The number of aryl methyl sites for hydroxylation is 1. The van der Waals surface area contributed by atoms with Crippen LogP contribution in [-0.4, -0.2) is 52.2 Å². The quantitative estimate of drug-likeness (QED) is 0.852. The van der Waals surface area contributed by atoms with Crippen LogP contribution in [0.4, 0.5) is 0 Å². The summed E-state index contributed by atoms with van der Waals surface area (Å²) in [6, 6.07) is 0. The maximum Gasteiger partial charge on any atom is 0.201 e. The van der Waals surface area contributed by atoms with Crippen LogP contribution in [0.3, 0.4) is 0 Å². The number of rotatable bonds is 4. The normalized spacial score (nSPS) is 17.7. The van der Waals surface area contributed by atoms with E-state index in [0.29, 0.717) is 12.2 Å².